The van der Waals surface area contributed by atoms with Gasteiger partial charge in [-0.15, -0.1) is 0 Å². The van der Waals surface area contributed by atoms with Gasteiger partial charge in [-0.1, -0.05) is 39.0 Å². The molecule has 0 aliphatic heterocycles. The molecule has 3 heteroatoms. The first-order chi connectivity index (χ1) is 7.20. The van der Waals surface area contributed by atoms with Crippen molar-refractivity contribution < 1.29 is 15.0 Å². The van der Waals surface area contributed by atoms with Crippen LogP contribution < -0.4 is 0 Å². The predicted molar refractivity (Wildman–Crippen MR) is 60.7 cm³/mol. The standard InChI is InChI=1S/C12H24O3/c1-2-3-4-5-6-7-11(14)10-12(15)8-9-13/h9,11-12,14-15H,2-8,10H2,1H3. The van der Waals surface area contributed by atoms with Crippen LogP contribution in [0, 0.1) is 0 Å². The van der Waals surface area contributed by atoms with Gasteiger partial charge in [0.15, 0.2) is 0 Å². The van der Waals surface area contributed by atoms with E-state index < -0.39 is 12.2 Å². The van der Waals surface area contributed by atoms with Gasteiger partial charge >= 0.3 is 0 Å². The number of rotatable bonds is 10. The molecule has 0 heterocycles. The van der Waals surface area contributed by atoms with E-state index >= 15 is 0 Å². The van der Waals surface area contributed by atoms with Crippen LogP contribution in [0.25, 0.3) is 0 Å². The Labute approximate surface area is 92.5 Å². The van der Waals surface area contributed by atoms with Crippen LogP contribution in [0.5, 0.6) is 0 Å². The number of aliphatic hydroxyl groups is 2. The van der Waals surface area contributed by atoms with Crippen LogP contribution in [0.1, 0.15) is 58.3 Å². The molecular formula is C12H24O3. The van der Waals surface area contributed by atoms with Gasteiger partial charge in [0.1, 0.15) is 6.29 Å². The largest absolute Gasteiger partial charge is 0.393 e. The summed E-state index contributed by atoms with van der Waals surface area (Å²) < 4.78 is 0. The van der Waals surface area contributed by atoms with Crippen molar-refractivity contribution in [2.75, 3.05) is 0 Å². The molecule has 0 aromatic heterocycles. The van der Waals surface area contributed by atoms with Crippen LogP contribution in [0.4, 0.5) is 0 Å². The van der Waals surface area contributed by atoms with E-state index in [4.69, 9.17) is 0 Å². The van der Waals surface area contributed by atoms with Crippen LogP contribution in [-0.4, -0.2) is 28.7 Å². The molecule has 0 bridgehead atoms. The average Bonchev–Trinajstić information content (AvgIpc) is 2.17. The van der Waals surface area contributed by atoms with Gasteiger partial charge in [0.25, 0.3) is 0 Å². The van der Waals surface area contributed by atoms with Crippen LogP contribution in [-0.2, 0) is 4.79 Å². The molecule has 0 spiro atoms. The molecule has 0 saturated carbocycles. The van der Waals surface area contributed by atoms with Crippen molar-refractivity contribution in [2.45, 2.75) is 70.5 Å². The Bertz CT molecular complexity index is 148. The number of aliphatic hydroxyl groups excluding tert-OH is 2. The van der Waals surface area contributed by atoms with Crippen molar-refractivity contribution in [3.63, 3.8) is 0 Å². The second-order valence-electron chi connectivity index (χ2n) is 4.15. The maximum atomic E-state index is 10.1. The summed E-state index contributed by atoms with van der Waals surface area (Å²) in [4.78, 5) is 10.1. The lowest BCUT2D eigenvalue weighted by molar-refractivity contribution is -0.109. The Balaban J connectivity index is 3.32. The zero-order chi connectivity index (χ0) is 11.5. The fourth-order valence-electron chi connectivity index (χ4n) is 1.62. The molecule has 0 aliphatic carbocycles. The van der Waals surface area contributed by atoms with Gasteiger partial charge in [-0.05, 0) is 12.8 Å². The lowest BCUT2D eigenvalue weighted by Crippen LogP contribution is -2.17. The van der Waals surface area contributed by atoms with E-state index in [1.54, 1.807) is 0 Å². The molecule has 0 aromatic rings. The van der Waals surface area contributed by atoms with Crippen LogP contribution in [0.3, 0.4) is 0 Å². The van der Waals surface area contributed by atoms with E-state index in [9.17, 15) is 15.0 Å². The van der Waals surface area contributed by atoms with Gasteiger partial charge in [-0.3, -0.25) is 0 Å². The number of unbranched alkanes of at least 4 members (excludes halogenated alkanes) is 4. The maximum Gasteiger partial charge on any atom is 0.122 e. The highest BCUT2D eigenvalue weighted by Gasteiger charge is 2.10. The second kappa shape index (κ2) is 10.1. The molecule has 0 saturated heterocycles. The third kappa shape index (κ3) is 9.88. The van der Waals surface area contributed by atoms with Crippen molar-refractivity contribution in [2.24, 2.45) is 0 Å². The first-order valence-corrected chi connectivity index (χ1v) is 6.00. The highest BCUT2D eigenvalue weighted by atomic mass is 16.3. The van der Waals surface area contributed by atoms with E-state index in [0.717, 1.165) is 19.3 Å². The van der Waals surface area contributed by atoms with Gasteiger partial charge in [-0.25, -0.2) is 0 Å². The Kier molecular flexibility index (Phi) is 9.84. The van der Waals surface area contributed by atoms with Crippen LogP contribution in [0.2, 0.25) is 0 Å². The molecule has 3 nitrogen and oxygen atoms in total. The van der Waals surface area contributed by atoms with E-state index in [-0.39, 0.29) is 6.42 Å². The number of aldehydes is 1. The fraction of sp³-hybridized carbons (Fsp3) is 0.917. The second-order valence-corrected chi connectivity index (χ2v) is 4.15. The molecule has 90 valence electrons. The first-order valence-electron chi connectivity index (χ1n) is 6.00. The Morgan fingerprint density at radius 3 is 2.33 bits per heavy atom. The zero-order valence-electron chi connectivity index (χ0n) is 9.69. The number of carbonyl (C=O) groups is 1. The van der Waals surface area contributed by atoms with E-state index in [0.29, 0.717) is 12.7 Å². The van der Waals surface area contributed by atoms with Gasteiger partial charge < -0.3 is 15.0 Å². The minimum absolute atomic E-state index is 0.132. The first kappa shape index (κ1) is 14.6. The van der Waals surface area contributed by atoms with Crippen LogP contribution >= 0.6 is 0 Å². The van der Waals surface area contributed by atoms with Crippen molar-refractivity contribution in [1.82, 2.24) is 0 Å². The van der Waals surface area contributed by atoms with E-state index in [2.05, 4.69) is 6.92 Å². The molecule has 0 aliphatic rings. The molecule has 0 radical (unpaired) electrons. The summed E-state index contributed by atoms with van der Waals surface area (Å²) in [5.74, 6) is 0. The quantitative estimate of drug-likeness (QED) is 0.434. The molecular weight excluding hydrogens is 192 g/mol. The maximum absolute atomic E-state index is 10.1. The van der Waals surface area contributed by atoms with Gasteiger partial charge in [0, 0.05) is 6.42 Å². The molecule has 0 fully saturated rings. The lowest BCUT2D eigenvalue weighted by atomic mass is 10.0. The third-order valence-electron chi connectivity index (χ3n) is 2.55. The predicted octanol–water partition coefficient (Wildman–Crippen LogP) is 2.05. The monoisotopic (exact) mass is 216 g/mol. The van der Waals surface area contributed by atoms with E-state index in [1.807, 2.05) is 0 Å². The molecule has 0 rings (SSSR count). The summed E-state index contributed by atoms with van der Waals surface area (Å²) >= 11 is 0. The fourth-order valence-corrected chi connectivity index (χ4v) is 1.62. The minimum Gasteiger partial charge on any atom is -0.393 e. The summed E-state index contributed by atoms with van der Waals surface area (Å²) in [5.41, 5.74) is 0. The number of hydrogen-bond donors (Lipinski definition) is 2. The molecule has 2 atom stereocenters. The highest BCUT2D eigenvalue weighted by molar-refractivity contribution is 5.49. The molecule has 2 N–H and O–H groups in total. The zero-order valence-corrected chi connectivity index (χ0v) is 9.69. The van der Waals surface area contributed by atoms with Crippen molar-refractivity contribution in [3.8, 4) is 0 Å². The minimum atomic E-state index is -0.673. The Morgan fingerprint density at radius 1 is 1.07 bits per heavy atom. The van der Waals surface area contributed by atoms with E-state index in [1.165, 1.54) is 19.3 Å². The summed E-state index contributed by atoms with van der Waals surface area (Å²) in [7, 11) is 0. The molecule has 0 aromatic carbocycles. The smallest absolute Gasteiger partial charge is 0.122 e. The van der Waals surface area contributed by atoms with Crippen molar-refractivity contribution in [3.05, 3.63) is 0 Å². The van der Waals surface area contributed by atoms with Crippen LogP contribution in [0.15, 0.2) is 0 Å². The summed E-state index contributed by atoms with van der Waals surface area (Å²) in [6.07, 6.45) is 6.61. The van der Waals surface area contributed by atoms with Gasteiger partial charge in [0.05, 0.1) is 12.2 Å². The Morgan fingerprint density at radius 2 is 1.73 bits per heavy atom. The van der Waals surface area contributed by atoms with Gasteiger partial charge in [0.2, 0.25) is 0 Å². The molecule has 2 unspecified atom stereocenters. The number of hydrogen-bond acceptors (Lipinski definition) is 3. The van der Waals surface area contributed by atoms with Crippen molar-refractivity contribution in [1.29, 1.82) is 0 Å². The average molecular weight is 216 g/mol. The summed E-state index contributed by atoms with van der Waals surface area (Å²) in [6, 6.07) is 0. The van der Waals surface area contributed by atoms with Crippen molar-refractivity contribution >= 4 is 6.29 Å². The summed E-state index contributed by atoms with van der Waals surface area (Å²) in [6.45, 7) is 2.17. The summed E-state index contributed by atoms with van der Waals surface area (Å²) in [5, 5.41) is 18.8. The molecule has 15 heavy (non-hydrogen) atoms. The third-order valence-corrected chi connectivity index (χ3v) is 2.55. The normalized spacial score (nSPS) is 14.9. The molecule has 0 amide bonds. The number of carbonyl (C=O) groups excluding carboxylic acids is 1. The Hall–Kier alpha value is -0.410. The SMILES string of the molecule is CCCCCCCC(O)CC(O)CC=O. The lowest BCUT2D eigenvalue weighted by Gasteiger charge is -2.13. The highest BCUT2D eigenvalue weighted by Crippen LogP contribution is 2.11. The topological polar surface area (TPSA) is 57.5 Å². The van der Waals surface area contributed by atoms with Gasteiger partial charge in [-0.2, -0.15) is 0 Å².